The number of urea groups is 1. The van der Waals surface area contributed by atoms with Crippen LogP contribution >= 0.6 is 0 Å². The number of ether oxygens (including phenoxy) is 1. The van der Waals surface area contributed by atoms with Gasteiger partial charge in [0.05, 0.1) is 0 Å². The van der Waals surface area contributed by atoms with Crippen LogP contribution in [-0.4, -0.2) is 46.3 Å². The fourth-order valence-electron chi connectivity index (χ4n) is 4.84. The van der Waals surface area contributed by atoms with Crippen molar-refractivity contribution < 1.29 is 22.7 Å². The molecule has 5 rings (SSSR count). The monoisotopic (exact) mass is 370 g/mol. The Labute approximate surface area is 149 Å². The molecule has 26 heavy (non-hydrogen) atoms. The van der Waals surface area contributed by atoms with Crippen LogP contribution in [0.2, 0.25) is 0 Å². The molecular weight excluding hydrogens is 349 g/mol. The maximum atomic E-state index is 12.7. The van der Waals surface area contributed by atoms with Crippen molar-refractivity contribution in [3.8, 4) is 6.01 Å². The lowest BCUT2D eigenvalue weighted by Gasteiger charge is -2.38. The molecule has 0 aromatic carbocycles. The van der Waals surface area contributed by atoms with E-state index in [2.05, 4.69) is 20.0 Å². The van der Waals surface area contributed by atoms with E-state index in [1.54, 1.807) is 0 Å². The molecule has 2 unspecified atom stereocenters. The zero-order valence-electron chi connectivity index (χ0n) is 14.2. The van der Waals surface area contributed by atoms with Crippen LogP contribution in [0.1, 0.15) is 32.1 Å². The minimum absolute atomic E-state index is 0.145. The van der Waals surface area contributed by atoms with Gasteiger partial charge in [-0.15, -0.1) is 0 Å². The maximum absolute atomic E-state index is 12.7. The van der Waals surface area contributed by atoms with Gasteiger partial charge < -0.3 is 9.64 Å². The van der Waals surface area contributed by atoms with Crippen molar-refractivity contribution in [2.24, 2.45) is 17.8 Å². The number of halogens is 3. The van der Waals surface area contributed by atoms with E-state index in [9.17, 15) is 18.0 Å². The molecule has 2 saturated heterocycles. The normalized spacial score (nSPS) is 30.2. The highest BCUT2D eigenvalue weighted by molar-refractivity contribution is 5.88. The highest BCUT2D eigenvalue weighted by atomic mass is 19.4. The van der Waals surface area contributed by atoms with Crippen LogP contribution < -0.4 is 10.1 Å². The van der Waals surface area contributed by atoms with Crippen LogP contribution in [0.15, 0.2) is 12.3 Å². The maximum Gasteiger partial charge on any atom is 0.422 e. The molecule has 0 spiro atoms. The van der Waals surface area contributed by atoms with E-state index >= 15 is 0 Å². The van der Waals surface area contributed by atoms with Crippen LogP contribution in [0.25, 0.3) is 0 Å². The molecule has 1 aromatic heterocycles. The van der Waals surface area contributed by atoms with Crippen LogP contribution in [0, 0.1) is 17.8 Å². The minimum atomic E-state index is -4.47. The number of nitrogens with zero attached hydrogens (tertiary/aromatic N) is 3. The van der Waals surface area contributed by atoms with Crippen molar-refractivity contribution in [3.05, 3.63) is 12.3 Å². The standard InChI is InChI=1S/C17H21F3N4O2/c18-17(19,20)9-26-15-21-2-1-14(22-15)23-16(25)24-8-12-4-10-3-11(5-12)7-13(24)6-10/h1-2,10-13H,3-9H2,(H,21,22,23,25). The molecule has 2 aliphatic heterocycles. The number of nitrogens with one attached hydrogen (secondary N) is 1. The molecule has 6 nitrogen and oxygen atoms in total. The molecule has 3 heterocycles. The van der Waals surface area contributed by atoms with Crippen LogP contribution in [0.3, 0.4) is 0 Å². The fraction of sp³-hybridized carbons (Fsp3) is 0.706. The number of amides is 2. The summed E-state index contributed by atoms with van der Waals surface area (Å²) in [6.07, 6.45) is 2.57. The third-order valence-corrected chi connectivity index (χ3v) is 5.60. The molecule has 1 aromatic rings. The van der Waals surface area contributed by atoms with Crippen molar-refractivity contribution in [2.45, 2.75) is 44.3 Å². The molecule has 2 atom stereocenters. The van der Waals surface area contributed by atoms with Crippen molar-refractivity contribution in [3.63, 3.8) is 0 Å². The second-order valence-corrected chi connectivity index (χ2v) is 7.64. The van der Waals surface area contributed by atoms with Gasteiger partial charge in [0.25, 0.3) is 0 Å². The van der Waals surface area contributed by atoms with Gasteiger partial charge in [-0.25, -0.2) is 9.78 Å². The second kappa shape index (κ2) is 6.59. The van der Waals surface area contributed by atoms with Gasteiger partial charge in [0, 0.05) is 18.8 Å². The van der Waals surface area contributed by atoms with Crippen molar-refractivity contribution in [1.82, 2.24) is 14.9 Å². The van der Waals surface area contributed by atoms with E-state index in [0.717, 1.165) is 31.2 Å². The summed E-state index contributed by atoms with van der Waals surface area (Å²) in [7, 11) is 0. The molecule has 2 aliphatic carbocycles. The van der Waals surface area contributed by atoms with E-state index in [1.165, 1.54) is 31.5 Å². The first-order chi connectivity index (χ1) is 12.4. The third kappa shape index (κ3) is 3.86. The number of carbonyl (C=O) groups excluding carboxylic acids is 1. The third-order valence-electron chi connectivity index (χ3n) is 5.60. The summed E-state index contributed by atoms with van der Waals surface area (Å²) in [5, 5.41) is 2.69. The van der Waals surface area contributed by atoms with E-state index < -0.39 is 18.8 Å². The van der Waals surface area contributed by atoms with Crippen molar-refractivity contribution >= 4 is 11.8 Å². The quantitative estimate of drug-likeness (QED) is 0.885. The Hall–Kier alpha value is -2.06. The Morgan fingerprint density at radius 2 is 1.88 bits per heavy atom. The summed E-state index contributed by atoms with van der Waals surface area (Å²) in [5.74, 6) is 2.13. The number of carbonyl (C=O) groups is 1. The van der Waals surface area contributed by atoms with E-state index in [4.69, 9.17) is 0 Å². The fourth-order valence-corrected chi connectivity index (χ4v) is 4.84. The minimum Gasteiger partial charge on any atom is -0.454 e. The Kier molecular flexibility index (Phi) is 4.40. The molecule has 4 bridgehead atoms. The summed E-state index contributed by atoms with van der Waals surface area (Å²) in [6.45, 7) is -0.727. The van der Waals surface area contributed by atoms with Gasteiger partial charge in [-0.3, -0.25) is 5.32 Å². The summed E-state index contributed by atoms with van der Waals surface area (Å²) >= 11 is 0. The number of hydrogen-bond acceptors (Lipinski definition) is 4. The van der Waals surface area contributed by atoms with Gasteiger partial charge in [0.2, 0.25) is 0 Å². The summed E-state index contributed by atoms with van der Waals surface area (Å²) in [5.41, 5.74) is 0. The van der Waals surface area contributed by atoms with Crippen LogP contribution in [-0.2, 0) is 0 Å². The molecule has 4 fully saturated rings. The molecular formula is C17H21F3N4O2. The number of fused-ring (bicyclic) bond motifs is 1. The van der Waals surface area contributed by atoms with Crippen molar-refractivity contribution in [2.75, 3.05) is 18.5 Å². The Morgan fingerprint density at radius 3 is 2.58 bits per heavy atom. The largest absolute Gasteiger partial charge is 0.454 e. The summed E-state index contributed by atoms with van der Waals surface area (Å²) in [6, 6.07) is 1.04. The van der Waals surface area contributed by atoms with Gasteiger partial charge in [-0.05, 0) is 55.9 Å². The average molecular weight is 370 g/mol. The van der Waals surface area contributed by atoms with Gasteiger partial charge in [0.15, 0.2) is 6.61 Å². The predicted molar refractivity (Wildman–Crippen MR) is 86.6 cm³/mol. The van der Waals surface area contributed by atoms with E-state index in [-0.39, 0.29) is 17.9 Å². The number of aromatic nitrogens is 2. The predicted octanol–water partition coefficient (Wildman–Crippen LogP) is 3.46. The topological polar surface area (TPSA) is 67.3 Å². The smallest absolute Gasteiger partial charge is 0.422 e. The highest BCUT2D eigenvalue weighted by Crippen LogP contribution is 2.47. The Balaban J connectivity index is 1.42. The lowest BCUT2D eigenvalue weighted by atomic mass is 9.68. The molecule has 9 heteroatoms. The zero-order valence-corrected chi connectivity index (χ0v) is 14.2. The number of alkyl halides is 3. The Bertz CT molecular complexity index is 670. The highest BCUT2D eigenvalue weighted by Gasteiger charge is 2.44. The van der Waals surface area contributed by atoms with Gasteiger partial charge >= 0.3 is 18.2 Å². The number of anilines is 1. The average Bonchev–Trinajstić information content (AvgIpc) is 2.76. The number of rotatable bonds is 3. The van der Waals surface area contributed by atoms with Crippen LogP contribution in [0.5, 0.6) is 6.01 Å². The molecule has 4 aliphatic rings. The first-order valence-electron chi connectivity index (χ1n) is 8.96. The van der Waals surface area contributed by atoms with Crippen molar-refractivity contribution in [1.29, 1.82) is 0 Å². The molecule has 0 radical (unpaired) electrons. The molecule has 2 amide bonds. The van der Waals surface area contributed by atoms with E-state index in [1.807, 2.05) is 4.90 Å². The van der Waals surface area contributed by atoms with Gasteiger partial charge in [-0.2, -0.15) is 18.2 Å². The molecule has 1 N–H and O–H groups in total. The van der Waals surface area contributed by atoms with Gasteiger partial charge in [-0.1, -0.05) is 0 Å². The first kappa shape index (κ1) is 17.4. The molecule has 2 saturated carbocycles. The Morgan fingerprint density at radius 1 is 1.19 bits per heavy atom. The lowest BCUT2D eigenvalue weighted by molar-refractivity contribution is -0.154. The summed E-state index contributed by atoms with van der Waals surface area (Å²) < 4.78 is 41.2. The SMILES string of the molecule is O=C(Nc1ccnc(OCC(F)(F)F)n1)N1CC2CC3CC(C2)CC1C3. The number of hydrogen-bond donors (Lipinski definition) is 1. The molecule has 142 valence electrons. The van der Waals surface area contributed by atoms with E-state index in [0.29, 0.717) is 5.92 Å². The zero-order chi connectivity index (χ0) is 18.3. The van der Waals surface area contributed by atoms with Crippen LogP contribution in [0.4, 0.5) is 23.8 Å². The van der Waals surface area contributed by atoms with Gasteiger partial charge in [0.1, 0.15) is 5.82 Å². The second-order valence-electron chi connectivity index (χ2n) is 7.64. The lowest BCUT2D eigenvalue weighted by Crippen LogP contribution is -2.44. The summed E-state index contributed by atoms with van der Waals surface area (Å²) in [4.78, 5) is 22.1. The first-order valence-corrected chi connectivity index (χ1v) is 8.96.